The first-order valence-corrected chi connectivity index (χ1v) is 6.43. The standard InChI is InChI=1S/C14H19NO2/c1-16-11-5-6-14-12(9-11)13(7-8-17-14)15-10-3-2-4-10/h5-6,9-10,13,15H,2-4,7-8H2,1H3. The van der Waals surface area contributed by atoms with E-state index < -0.39 is 0 Å². The Hall–Kier alpha value is -1.22. The summed E-state index contributed by atoms with van der Waals surface area (Å²) in [5.41, 5.74) is 1.25. The van der Waals surface area contributed by atoms with Gasteiger partial charge in [-0.3, -0.25) is 0 Å². The number of fused-ring (bicyclic) bond motifs is 1. The zero-order chi connectivity index (χ0) is 11.7. The predicted octanol–water partition coefficient (Wildman–Crippen LogP) is 2.66. The zero-order valence-electron chi connectivity index (χ0n) is 10.2. The Labute approximate surface area is 102 Å². The van der Waals surface area contributed by atoms with E-state index in [4.69, 9.17) is 9.47 Å². The van der Waals surface area contributed by atoms with Crippen LogP contribution in [0.15, 0.2) is 18.2 Å². The van der Waals surface area contributed by atoms with E-state index >= 15 is 0 Å². The predicted molar refractivity (Wildman–Crippen MR) is 66.6 cm³/mol. The number of nitrogens with one attached hydrogen (secondary N) is 1. The Morgan fingerprint density at radius 1 is 1.29 bits per heavy atom. The van der Waals surface area contributed by atoms with Crippen LogP contribution in [0.3, 0.4) is 0 Å². The fourth-order valence-corrected chi connectivity index (χ4v) is 2.53. The summed E-state index contributed by atoms with van der Waals surface area (Å²) in [5.74, 6) is 1.92. The summed E-state index contributed by atoms with van der Waals surface area (Å²) in [4.78, 5) is 0. The van der Waals surface area contributed by atoms with Gasteiger partial charge in [-0.2, -0.15) is 0 Å². The van der Waals surface area contributed by atoms with Gasteiger partial charge in [0.25, 0.3) is 0 Å². The molecule has 1 aromatic rings. The molecule has 0 radical (unpaired) electrons. The van der Waals surface area contributed by atoms with Crippen molar-refractivity contribution in [1.82, 2.24) is 5.32 Å². The van der Waals surface area contributed by atoms with Gasteiger partial charge in [-0.05, 0) is 31.0 Å². The summed E-state index contributed by atoms with van der Waals surface area (Å²) in [5, 5.41) is 3.73. The Bertz CT molecular complexity index is 401. The van der Waals surface area contributed by atoms with Gasteiger partial charge in [-0.15, -0.1) is 0 Å². The molecule has 0 bridgehead atoms. The number of methoxy groups -OCH3 is 1. The number of benzene rings is 1. The second kappa shape index (κ2) is 4.57. The van der Waals surface area contributed by atoms with Crippen molar-refractivity contribution in [3.8, 4) is 11.5 Å². The summed E-state index contributed by atoms with van der Waals surface area (Å²) in [6, 6.07) is 7.22. The monoisotopic (exact) mass is 233 g/mol. The van der Waals surface area contributed by atoms with Crippen LogP contribution in [0.5, 0.6) is 11.5 Å². The Morgan fingerprint density at radius 2 is 2.18 bits per heavy atom. The normalized spacial score (nSPS) is 23.5. The lowest BCUT2D eigenvalue weighted by atomic mass is 9.90. The first-order chi connectivity index (χ1) is 8.36. The van der Waals surface area contributed by atoms with Gasteiger partial charge in [0.1, 0.15) is 11.5 Å². The smallest absolute Gasteiger partial charge is 0.124 e. The van der Waals surface area contributed by atoms with Crippen LogP contribution in [0.2, 0.25) is 0 Å². The number of rotatable bonds is 3. The van der Waals surface area contributed by atoms with E-state index in [0.29, 0.717) is 12.1 Å². The van der Waals surface area contributed by atoms with E-state index in [2.05, 4.69) is 11.4 Å². The lowest BCUT2D eigenvalue weighted by Crippen LogP contribution is -2.39. The van der Waals surface area contributed by atoms with E-state index in [9.17, 15) is 0 Å². The number of ether oxygens (including phenoxy) is 2. The third-order valence-corrected chi connectivity index (χ3v) is 3.80. The molecular weight excluding hydrogens is 214 g/mol. The van der Waals surface area contributed by atoms with Gasteiger partial charge < -0.3 is 14.8 Å². The van der Waals surface area contributed by atoms with Gasteiger partial charge in [0.2, 0.25) is 0 Å². The molecule has 1 N–H and O–H groups in total. The SMILES string of the molecule is COc1ccc2c(c1)C(NC1CCC1)CCO2. The fourth-order valence-electron chi connectivity index (χ4n) is 2.53. The van der Waals surface area contributed by atoms with Crippen LogP contribution in [0.4, 0.5) is 0 Å². The summed E-state index contributed by atoms with van der Waals surface area (Å²) >= 11 is 0. The lowest BCUT2D eigenvalue weighted by molar-refractivity contribution is 0.222. The molecular formula is C14H19NO2. The first-order valence-electron chi connectivity index (χ1n) is 6.43. The molecule has 3 heteroatoms. The third-order valence-electron chi connectivity index (χ3n) is 3.80. The van der Waals surface area contributed by atoms with Crippen LogP contribution >= 0.6 is 0 Å². The Balaban J connectivity index is 1.82. The van der Waals surface area contributed by atoms with Crippen LogP contribution in [0.1, 0.15) is 37.3 Å². The molecule has 3 rings (SSSR count). The first kappa shape index (κ1) is 10.9. The average Bonchev–Trinajstić information content (AvgIpc) is 2.33. The van der Waals surface area contributed by atoms with Crippen molar-refractivity contribution in [2.75, 3.05) is 13.7 Å². The molecule has 1 heterocycles. The summed E-state index contributed by atoms with van der Waals surface area (Å²) < 4.78 is 11.0. The molecule has 1 atom stereocenters. The highest BCUT2D eigenvalue weighted by Crippen LogP contribution is 2.36. The maximum atomic E-state index is 5.69. The van der Waals surface area contributed by atoms with Gasteiger partial charge in [0.15, 0.2) is 0 Å². The van der Waals surface area contributed by atoms with Gasteiger partial charge in [-0.25, -0.2) is 0 Å². The van der Waals surface area contributed by atoms with E-state index in [-0.39, 0.29) is 0 Å². The Morgan fingerprint density at radius 3 is 2.88 bits per heavy atom. The van der Waals surface area contributed by atoms with Gasteiger partial charge in [0.05, 0.1) is 13.7 Å². The second-order valence-corrected chi connectivity index (χ2v) is 4.89. The van der Waals surface area contributed by atoms with Crippen LogP contribution in [-0.4, -0.2) is 19.8 Å². The molecule has 0 amide bonds. The van der Waals surface area contributed by atoms with Gasteiger partial charge in [0, 0.05) is 24.1 Å². The highest BCUT2D eigenvalue weighted by molar-refractivity contribution is 5.43. The number of hydrogen-bond donors (Lipinski definition) is 1. The maximum Gasteiger partial charge on any atom is 0.124 e. The lowest BCUT2D eigenvalue weighted by Gasteiger charge is -2.34. The summed E-state index contributed by atoms with van der Waals surface area (Å²) in [7, 11) is 1.71. The van der Waals surface area contributed by atoms with Crippen molar-refractivity contribution in [2.24, 2.45) is 0 Å². The molecule has 3 nitrogen and oxygen atoms in total. The molecule has 1 aliphatic carbocycles. The maximum absolute atomic E-state index is 5.69. The topological polar surface area (TPSA) is 30.5 Å². The van der Waals surface area contributed by atoms with Crippen molar-refractivity contribution >= 4 is 0 Å². The Kier molecular flexibility index (Phi) is 2.93. The van der Waals surface area contributed by atoms with E-state index in [1.54, 1.807) is 7.11 Å². The average molecular weight is 233 g/mol. The van der Waals surface area contributed by atoms with Crippen molar-refractivity contribution in [3.05, 3.63) is 23.8 Å². The molecule has 0 aromatic heterocycles. The molecule has 17 heavy (non-hydrogen) atoms. The molecule has 0 spiro atoms. The third kappa shape index (κ3) is 2.12. The molecule has 0 saturated heterocycles. The molecule has 1 aliphatic heterocycles. The minimum Gasteiger partial charge on any atom is -0.497 e. The quantitative estimate of drug-likeness (QED) is 0.870. The minimum atomic E-state index is 0.430. The summed E-state index contributed by atoms with van der Waals surface area (Å²) in [6.45, 7) is 0.809. The highest BCUT2D eigenvalue weighted by Gasteiger charge is 2.26. The summed E-state index contributed by atoms with van der Waals surface area (Å²) in [6.07, 6.45) is 5.05. The zero-order valence-corrected chi connectivity index (χ0v) is 10.2. The minimum absolute atomic E-state index is 0.430. The van der Waals surface area contributed by atoms with E-state index in [0.717, 1.165) is 24.5 Å². The van der Waals surface area contributed by atoms with Crippen molar-refractivity contribution in [2.45, 2.75) is 37.8 Å². The van der Waals surface area contributed by atoms with E-state index in [1.807, 2.05) is 12.1 Å². The van der Waals surface area contributed by atoms with Crippen LogP contribution < -0.4 is 14.8 Å². The van der Waals surface area contributed by atoms with Crippen molar-refractivity contribution in [3.63, 3.8) is 0 Å². The molecule has 1 unspecified atom stereocenters. The molecule has 1 fully saturated rings. The van der Waals surface area contributed by atoms with Crippen LogP contribution in [-0.2, 0) is 0 Å². The number of hydrogen-bond acceptors (Lipinski definition) is 3. The fraction of sp³-hybridized carbons (Fsp3) is 0.571. The van der Waals surface area contributed by atoms with Gasteiger partial charge >= 0.3 is 0 Å². The molecule has 1 aromatic carbocycles. The largest absolute Gasteiger partial charge is 0.497 e. The van der Waals surface area contributed by atoms with Crippen LogP contribution in [0.25, 0.3) is 0 Å². The highest BCUT2D eigenvalue weighted by atomic mass is 16.5. The van der Waals surface area contributed by atoms with Gasteiger partial charge in [-0.1, -0.05) is 6.42 Å². The molecule has 92 valence electrons. The molecule has 2 aliphatic rings. The van der Waals surface area contributed by atoms with Crippen molar-refractivity contribution in [1.29, 1.82) is 0 Å². The van der Waals surface area contributed by atoms with Crippen LogP contribution in [0, 0.1) is 0 Å². The second-order valence-electron chi connectivity index (χ2n) is 4.89. The van der Waals surface area contributed by atoms with Crippen molar-refractivity contribution < 1.29 is 9.47 Å². The molecule has 1 saturated carbocycles. The van der Waals surface area contributed by atoms with E-state index in [1.165, 1.54) is 24.8 Å².